The summed E-state index contributed by atoms with van der Waals surface area (Å²) in [6.07, 6.45) is 3.50. The lowest BCUT2D eigenvalue weighted by atomic mass is 9.99. The SMILES string of the molecule is CNC(c1cnccc1N)c1ccccc1Br. The van der Waals surface area contributed by atoms with Crippen LogP contribution in [0.2, 0.25) is 0 Å². The van der Waals surface area contributed by atoms with Crippen LogP contribution in [0.1, 0.15) is 17.2 Å². The molecule has 0 aliphatic carbocycles. The fourth-order valence-corrected chi connectivity index (χ4v) is 2.36. The molecule has 1 aromatic heterocycles. The van der Waals surface area contributed by atoms with E-state index in [1.807, 2.05) is 31.3 Å². The molecule has 0 fully saturated rings. The van der Waals surface area contributed by atoms with Crippen LogP contribution in [0.4, 0.5) is 5.69 Å². The van der Waals surface area contributed by atoms with E-state index in [1.165, 1.54) is 0 Å². The first-order chi connectivity index (χ1) is 8.24. The Morgan fingerprint density at radius 2 is 2.00 bits per heavy atom. The number of hydrogen-bond donors (Lipinski definition) is 2. The van der Waals surface area contributed by atoms with Gasteiger partial charge in [-0.1, -0.05) is 34.1 Å². The molecule has 0 saturated carbocycles. The number of nitrogens with zero attached hydrogens (tertiary/aromatic N) is 1. The first-order valence-electron chi connectivity index (χ1n) is 5.35. The van der Waals surface area contributed by atoms with E-state index in [9.17, 15) is 0 Å². The van der Waals surface area contributed by atoms with E-state index in [1.54, 1.807) is 12.4 Å². The number of nitrogens with two attached hydrogens (primary N) is 1. The Bertz CT molecular complexity index is 468. The molecule has 1 atom stereocenters. The van der Waals surface area contributed by atoms with Crippen LogP contribution >= 0.6 is 15.9 Å². The molecule has 2 aromatic rings. The highest BCUT2D eigenvalue weighted by molar-refractivity contribution is 9.10. The number of nitrogen functional groups attached to an aromatic ring is 1. The smallest absolute Gasteiger partial charge is 0.0621 e. The zero-order valence-electron chi connectivity index (χ0n) is 9.52. The summed E-state index contributed by atoms with van der Waals surface area (Å²) in [5, 5.41) is 3.27. The van der Waals surface area contributed by atoms with Crippen molar-refractivity contribution in [1.29, 1.82) is 0 Å². The molecule has 1 heterocycles. The molecule has 88 valence electrons. The van der Waals surface area contributed by atoms with Crippen LogP contribution in [0.25, 0.3) is 0 Å². The zero-order valence-corrected chi connectivity index (χ0v) is 11.1. The maximum absolute atomic E-state index is 5.99. The quantitative estimate of drug-likeness (QED) is 0.914. The molecule has 0 aliphatic rings. The van der Waals surface area contributed by atoms with Crippen LogP contribution in [0, 0.1) is 0 Å². The molecule has 0 amide bonds. The average Bonchev–Trinajstić information content (AvgIpc) is 2.34. The van der Waals surface area contributed by atoms with Gasteiger partial charge in [-0.05, 0) is 24.7 Å². The summed E-state index contributed by atoms with van der Waals surface area (Å²) >= 11 is 3.56. The monoisotopic (exact) mass is 291 g/mol. The molecule has 17 heavy (non-hydrogen) atoms. The summed E-state index contributed by atoms with van der Waals surface area (Å²) in [5.74, 6) is 0. The van der Waals surface area contributed by atoms with Gasteiger partial charge in [-0.15, -0.1) is 0 Å². The molecule has 2 rings (SSSR count). The second-order valence-corrected chi connectivity index (χ2v) is 4.60. The van der Waals surface area contributed by atoms with Crippen molar-refractivity contribution in [3.05, 3.63) is 58.3 Å². The van der Waals surface area contributed by atoms with Gasteiger partial charge < -0.3 is 11.1 Å². The highest BCUT2D eigenvalue weighted by Gasteiger charge is 2.16. The summed E-state index contributed by atoms with van der Waals surface area (Å²) in [6, 6.07) is 9.95. The number of nitrogens with one attached hydrogen (secondary N) is 1. The number of halogens is 1. The van der Waals surface area contributed by atoms with E-state index in [-0.39, 0.29) is 6.04 Å². The highest BCUT2D eigenvalue weighted by atomic mass is 79.9. The van der Waals surface area contributed by atoms with Crippen LogP contribution in [-0.2, 0) is 0 Å². The van der Waals surface area contributed by atoms with E-state index in [4.69, 9.17) is 5.73 Å². The summed E-state index contributed by atoms with van der Waals surface area (Å²) in [6.45, 7) is 0. The predicted octanol–water partition coefficient (Wildman–Crippen LogP) is 2.74. The third kappa shape index (κ3) is 2.48. The summed E-state index contributed by atoms with van der Waals surface area (Å²) in [4.78, 5) is 4.13. The number of hydrogen-bond acceptors (Lipinski definition) is 3. The molecule has 1 unspecified atom stereocenters. The molecule has 0 radical (unpaired) electrons. The van der Waals surface area contributed by atoms with Gasteiger partial charge >= 0.3 is 0 Å². The molecule has 3 nitrogen and oxygen atoms in total. The van der Waals surface area contributed by atoms with Gasteiger partial charge in [-0.25, -0.2) is 0 Å². The van der Waals surface area contributed by atoms with Gasteiger partial charge in [-0.2, -0.15) is 0 Å². The van der Waals surface area contributed by atoms with Crippen molar-refractivity contribution in [3.8, 4) is 0 Å². The van der Waals surface area contributed by atoms with Gasteiger partial charge in [0, 0.05) is 28.1 Å². The van der Waals surface area contributed by atoms with Crippen LogP contribution in [0.15, 0.2) is 47.2 Å². The van der Waals surface area contributed by atoms with Gasteiger partial charge in [0.05, 0.1) is 6.04 Å². The van der Waals surface area contributed by atoms with Gasteiger partial charge in [0.2, 0.25) is 0 Å². The molecule has 3 N–H and O–H groups in total. The molecular weight excluding hydrogens is 278 g/mol. The van der Waals surface area contributed by atoms with E-state index in [2.05, 4.69) is 32.3 Å². The Morgan fingerprint density at radius 1 is 1.24 bits per heavy atom. The molecule has 1 aromatic carbocycles. The summed E-state index contributed by atoms with van der Waals surface area (Å²) < 4.78 is 1.06. The highest BCUT2D eigenvalue weighted by Crippen LogP contribution is 2.30. The van der Waals surface area contributed by atoms with Crippen molar-refractivity contribution >= 4 is 21.6 Å². The van der Waals surface area contributed by atoms with Crippen molar-refractivity contribution in [1.82, 2.24) is 10.3 Å². The van der Waals surface area contributed by atoms with E-state index >= 15 is 0 Å². The Kier molecular flexibility index (Phi) is 3.76. The lowest BCUT2D eigenvalue weighted by molar-refractivity contribution is 0.688. The second kappa shape index (κ2) is 5.29. The Labute approximate surface area is 109 Å². The lowest BCUT2D eigenvalue weighted by Crippen LogP contribution is -2.19. The van der Waals surface area contributed by atoms with Crippen molar-refractivity contribution < 1.29 is 0 Å². The maximum atomic E-state index is 5.99. The molecular formula is C13H14BrN3. The zero-order chi connectivity index (χ0) is 12.3. The van der Waals surface area contributed by atoms with Gasteiger partial charge in [0.15, 0.2) is 0 Å². The minimum Gasteiger partial charge on any atom is -0.398 e. The summed E-state index contributed by atoms with van der Waals surface area (Å²) in [5.41, 5.74) is 8.87. The fourth-order valence-electron chi connectivity index (χ4n) is 1.85. The van der Waals surface area contributed by atoms with E-state index in [0.29, 0.717) is 0 Å². The molecule has 0 spiro atoms. The molecule has 0 saturated heterocycles. The normalized spacial score (nSPS) is 12.4. The predicted molar refractivity (Wildman–Crippen MR) is 73.7 cm³/mol. The summed E-state index contributed by atoms with van der Waals surface area (Å²) in [7, 11) is 1.91. The van der Waals surface area contributed by atoms with Crippen LogP contribution in [0.5, 0.6) is 0 Å². The van der Waals surface area contributed by atoms with Crippen molar-refractivity contribution in [2.45, 2.75) is 6.04 Å². The van der Waals surface area contributed by atoms with Crippen LogP contribution in [0.3, 0.4) is 0 Å². The second-order valence-electron chi connectivity index (χ2n) is 3.75. The average molecular weight is 292 g/mol. The fraction of sp³-hybridized carbons (Fsp3) is 0.154. The number of aromatic nitrogens is 1. The Hall–Kier alpha value is -1.39. The first kappa shape index (κ1) is 12.1. The topological polar surface area (TPSA) is 50.9 Å². The number of rotatable bonds is 3. The van der Waals surface area contributed by atoms with E-state index < -0.39 is 0 Å². The van der Waals surface area contributed by atoms with Crippen LogP contribution in [-0.4, -0.2) is 12.0 Å². The van der Waals surface area contributed by atoms with Gasteiger partial charge in [-0.3, -0.25) is 4.98 Å². The lowest BCUT2D eigenvalue weighted by Gasteiger charge is -2.19. The van der Waals surface area contributed by atoms with E-state index in [0.717, 1.165) is 21.3 Å². The minimum atomic E-state index is 0.0410. The Balaban J connectivity index is 2.48. The largest absolute Gasteiger partial charge is 0.398 e. The number of anilines is 1. The Morgan fingerprint density at radius 3 is 2.65 bits per heavy atom. The van der Waals surface area contributed by atoms with Crippen molar-refractivity contribution in [2.75, 3.05) is 12.8 Å². The van der Waals surface area contributed by atoms with Crippen molar-refractivity contribution in [2.24, 2.45) is 0 Å². The third-order valence-corrected chi connectivity index (χ3v) is 3.43. The molecule has 4 heteroatoms. The van der Waals surface area contributed by atoms with Gasteiger partial charge in [0.25, 0.3) is 0 Å². The number of pyridine rings is 1. The number of benzene rings is 1. The van der Waals surface area contributed by atoms with Crippen LogP contribution < -0.4 is 11.1 Å². The first-order valence-corrected chi connectivity index (χ1v) is 6.14. The molecule has 0 bridgehead atoms. The standard InChI is InChI=1S/C13H14BrN3/c1-16-13(9-4-2-3-5-11(9)14)10-8-17-7-6-12(10)15/h2-8,13,16H,1H3,(H2,15,17). The minimum absolute atomic E-state index is 0.0410. The maximum Gasteiger partial charge on any atom is 0.0621 e. The van der Waals surface area contributed by atoms with Gasteiger partial charge in [0.1, 0.15) is 0 Å². The van der Waals surface area contributed by atoms with Crippen molar-refractivity contribution in [3.63, 3.8) is 0 Å². The third-order valence-electron chi connectivity index (χ3n) is 2.70. The molecule has 0 aliphatic heterocycles.